The standard InChI is InChI=1S/C9H11AsF2/c1-6-4-7(2)9(10(11)12)8(3)5-6/h4-5H,1-3H3. The Hall–Kier alpha value is -0.362. The maximum absolute atomic E-state index is 12.6. The maximum atomic E-state index is 12.6. The third-order valence-corrected chi connectivity index (χ3v) is 3.99. The molecular formula is C9H11AsF2. The summed E-state index contributed by atoms with van der Waals surface area (Å²) in [4.78, 5) is 0. The van der Waals surface area contributed by atoms with E-state index in [1.165, 1.54) is 0 Å². The summed E-state index contributed by atoms with van der Waals surface area (Å²) in [6.45, 7) is 5.45. The van der Waals surface area contributed by atoms with Crippen LogP contribution in [-0.2, 0) is 0 Å². The molecular weight excluding hydrogens is 221 g/mol. The normalized spacial score (nSPS) is 10.8. The van der Waals surface area contributed by atoms with Crippen LogP contribution in [0.1, 0.15) is 16.7 Å². The summed E-state index contributed by atoms with van der Waals surface area (Å²) in [5.41, 5.74) is 2.56. The summed E-state index contributed by atoms with van der Waals surface area (Å²) in [7, 11) is 0. The quantitative estimate of drug-likeness (QED) is 0.651. The minimum atomic E-state index is -3.69. The van der Waals surface area contributed by atoms with Crippen molar-refractivity contribution in [2.75, 3.05) is 0 Å². The second-order valence-corrected chi connectivity index (χ2v) is 4.90. The van der Waals surface area contributed by atoms with Crippen LogP contribution in [0.3, 0.4) is 0 Å². The fraction of sp³-hybridized carbons (Fsp3) is 0.333. The van der Waals surface area contributed by atoms with Gasteiger partial charge in [-0.1, -0.05) is 0 Å². The Bertz CT molecular complexity index is 272. The van der Waals surface area contributed by atoms with E-state index in [9.17, 15) is 6.93 Å². The van der Waals surface area contributed by atoms with Gasteiger partial charge in [-0.3, -0.25) is 0 Å². The molecule has 0 fully saturated rings. The molecule has 1 aromatic rings. The van der Waals surface area contributed by atoms with Crippen molar-refractivity contribution in [1.82, 2.24) is 0 Å². The van der Waals surface area contributed by atoms with Gasteiger partial charge in [-0.15, -0.1) is 0 Å². The van der Waals surface area contributed by atoms with E-state index < -0.39 is 15.6 Å². The second-order valence-electron chi connectivity index (χ2n) is 2.98. The predicted octanol–water partition coefficient (Wildman–Crippen LogP) is 2.25. The summed E-state index contributed by atoms with van der Waals surface area (Å²) in [5, 5.41) is 0. The molecule has 0 spiro atoms. The Labute approximate surface area is 76.9 Å². The molecule has 0 radical (unpaired) electrons. The SMILES string of the molecule is Cc1cc(C)c([As](F)F)c(C)c1. The van der Waals surface area contributed by atoms with Crippen molar-refractivity contribution in [2.45, 2.75) is 20.8 Å². The van der Waals surface area contributed by atoms with Gasteiger partial charge in [0.25, 0.3) is 0 Å². The van der Waals surface area contributed by atoms with Gasteiger partial charge in [-0.05, 0) is 0 Å². The van der Waals surface area contributed by atoms with Gasteiger partial charge in [0.05, 0.1) is 0 Å². The molecule has 0 unspecified atom stereocenters. The molecule has 0 aromatic heterocycles. The monoisotopic (exact) mass is 232 g/mol. The summed E-state index contributed by atoms with van der Waals surface area (Å²) >= 11 is -3.69. The number of hydrogen-bond donors (Lipinski definition) is 0. The number of benzene rings is 1. The van der Waals surface area contributed by atoms with Gasteiger partial charge < -0.3 is 0 Å². The summed E-state index contributed by atoms with van der Waals surface area (Å²) in [6.07, 6.45) is 0. The third kappa shape index (κ3) is 1.86. The molecule has 3 heteroatoms. The molecule has 0 bridgehead atoms. The van der Waals surface area contributed by atoms with E-state index in [4.69, 9.17) is 0 Å². The molecule has 0 nitrogen and oxygen atoms in total. The molecule has 0 aliphatic heterocycles. The van der Waals surface area contributed by atoms with Gasteiger partial charge in [0.2, 0.25) is 0 Å². The van der Waals surface area contributed by atoms with E-state index in [1.54, 1.807) is 13.8 Å². The Kier molecular flexibility index (Phi) is 2.89. The van der Waals surface area contributed by atoms with Crippen molar-refractivity contribution in [1.29, 1.82) is 0 Å². The van der Waals surface area contributed by atoms with Crippen LogP contribution in [-0.4, -0.2) is 15.6 Å². The Balaban J connectivity index is 3.28. The van der Waals surface area contributed by atoms with Crippen LogP contribution < -0.4 is 4.35 Å². The molecule has 0 aliphatic carbocycles. The van der Waals surface area contributed by atoms with Crippen molar-refractivity contribution in [3.8, 4) is 0 Å². The van der Waals surface area contributed by atoms with E-state index in [-0.39, 0.29) is 0 Å². The van der Waals surface area contributed by atoms with E-state index in [0.717, 1.165) is 16.7 Å². The molecule has 0 saturated carbocycles. The zero-order valence-electron chi connectivity index (χ0n) is 7.36. The average molecular weight is 232 g/mol. The van der Waals surface area contributed by atoms with Crippen LogP contribution in [0.5, 0.6) is 0 Å². The zero-order chi connectivity index (χ0) is 9.30. The van der Waals surface area contributed by atoms with Crippen LogP contribution in [0.2, 0.25) is 0 Å². The summed E-state index contributed by atoms with van der Waals surface area (Å²) < 4.78 is 25.5. The van der Waals surface area contributed by atoms with Crippen LogP contribution in [0, 0.1) is 20.8 Å². The summed E-state index contributed by atoms with van der Waals surface area (Å²) in [5.74, 6) is 0. The molecule has 0 heterocycles. The molecule has 0 saturated heterocycles. The van der Waals surface area contributed by atoms with Gasteiger partial charge in [-0.2, -0.15) is 0 Å². The van der Waals surface area contributed by atoms with E-state index >= 15 is 0 Å². The van der Waals surface area contributed by atoms with Crippen molar-refractivity contribution in [3.63, 3.8) is 0 Å². The third-order valence-electron chi connectivity index (χ3n) is 1.80. The average Bonchev–Trinajstić information content (AvgIpc) is 1.82. The first kappa shape index (κ1) is 9.72. The molecule has 0 N–H and O–H groups in total. The molecule has 1 rings (SSSR count). The first-order chi connectivity index (χ1) is 5.52. The molecule has 0 aliphatic rings. The van der Waals surface area contributed by atoms with Crippen molar-refractivity contribution < 1.29 is 6.93 Å². The van der Waals surface area contributed by atoms with Crippen LogP contribution >= 0.6 is 0 Å². The fourth-order valence-corrected chi connectivity index (χ4v) is 2.83. The van der Waals surface area contributed by atoms with Crippen molar-refractivity contribution >= 4 is 19.9 Å². The zero-order valence-corrected chi connectivity index (χ0v) is 9.23. The van der Waals surface area contributed by atoms with E-state index in [0.29, 0.717) is 4.35 Å². The fourth-order valence-electron chi connectivity index (χ4n) is 1.44. The molecule has 12 heavy (non-hydrogen) atoms. The topological polar surface area (TPSA) is 0 Å². The number of rotatable bonds is 1. The minimum absolute atomic E-state index is 0.327. The molecule has 0 atom stereocenters. The Morgan fingerprint density at radius 3 is 1.75 bits per heavy atom. The van der Waals surface area contributed by atoms with Gasteiger partial charge in [0.1, 0.15) is 0 Å². The molecule has 66 valence electrons. The van der Waals surface area contributed by atoms with E-state index in [2.05, 4.69) is 0 Å². The van der Waals surface area contributed by atoms with Crippen LogP contribution in [0.4, 0.5) is 6.93 Å². The summed E-state index contributed by atoms with van der Waals surface area (Å²) in [6, 6.07) is 3.65. The van der Waals surface area contributed by atoms with Gasteiger partial charge in [0, 0.05) is 0 Å². The Morgan fingerprint density at radius 1 is 1.00 bits per heavy atom. The van der Waals surface area contributed by atoms with Crippen LogP contribution in [0.25, 0.3) is 0 Å². The number of hydrogen-bond acceptors (Lipinski definition) is 0. The van der Waals surface area contributed by atoms with Gasteiger partial charge in [-0.25, -0.2) is 0 Å². The van der Waals surface area contributed by atoms with Gasteiger partial charge in [0.15, 0.2) is 0 Å². The van der Waals surface area contributed by atoms with Crippen molar-refractivity contribution in [3.05, 3.63) is 28.8 Å². The molecule has 0 amide bonds. The van der Waals surface area contributed by atoms with E-state index in [1.807, 2.05) is 19.1 Å². The first-order valence-electron chi connectivity index (χ1n) is 3.72. The predicted molar refractivity (Wildman–Crippen MR) is 48.3 cm³/mol. The number of halogens is 2. The first-order valence-corrected chi connectivity index (χ1v) is 6.07. The van der Waals surface area contributed by atoms with Crippen molar-refractivity contribution in [2.24, 2.45) is 0 Å². The number of aryl methyl sites for hydroxylation is 3. The Morgan fingerprint density at radius 2 is 1.42 bits per heavy atom. The molecule has 1 aromatic carbocycles. The van der Waals surface area contributed by atoms with Crippen LogP contribution in [0.15, 0.2) is 12.1 Å². The second kappa shape index (κ2) is 3.57. The van der Waals surface area contributed by atoms with Gasteiger partial charge >= 0.3 is 76.5 Å².